The van der Waals surface area contributed by atoms with Gasteiger partial charge in [-0.2, -0.15) is 0 Å². The number of carbonyl (C=O) groups is 1. The van der Waals surface area contributed by atoms with E-state index in [1.54, 1.807) is 4.90 Å². The van der Waals surface area contributed by atoms with E-state index in [9.17, 15) is 4.79 Å². The standard InChI is InChI=1S/C19H25N3O2/c1-19(2,3)24-18(23)22-12-10-14(13-22)21(4)17-9-5-8-16-15(17)7-6-11-20-16/h5-9,11,14H,10,12-13H2,1-4H3/t14-/m1/s1. The summed E-state index contributed by atoms with van der Waals surface area (Å²) >= 11 is 0. The van der Waals surface area contributed by atoms with E-state index < -0.39 is 5.60 Å². The van der Waals surface area contributed by atoms with E-state index in [1.165, 1.54) is 0 Å². The first kappa shape index (κ1) is 16.6. The maximum Gasteiger partial charge on any atom is 0.410 e. The quantitative estimate of drug-likeness (QED) is 0.844. The van der Waals surface area contributed by atoms with Crippen LogP contribution in [0.25, 0.3) is 10.9 Å². The number of hydrogen-bond acceptors (Lipinski definition) is 4. The predicted octanol–water partition coefficient (Wildman–Crippen LogP) is 3.68. The van der Waals surface area contributed by atoms with Gasteiger partial charge in [0.2, 0.25) is 0 Å². The molecule has 24 heavy (non-hydrogen) atoms. The molecule has 1 saturated heterocycles. The summed E-state index contributed by atoms with van der Waals surface area (Å²) < 4.78 is 5.48. The number of hydrogen-bond donors (Lipinski definition) is 0. The van der Waals surface area contributed by atoms with Gasteiger partial charge in [0.05, 0.1) is 5.52 Å². The highest BCUT2D eigenvalue weighted by atomic mass is 16.6. The van der Waals surface area contributed by atoms with Gasteiger partial charge in [0.1, 0.15) is 5.60 Å². The lowest BCUT2D eigenvalue weighted by atomic mass is 10.1. The van der Waals surface area contributed by atoms with Gasteiger partial charge >= 0.3 is 6.09 Å². The molecule has 1 fully saturated rings. The molecule has 0 spiro atoms. The summed E-state index contributed by atoms with van der Waals surface area (Å²) in [7, 11) is 2.09. The summed E-state index contributed by atoms with van der Waals surface area (Å²) in [6, 6.07) is 10.5. The van der Waals surface area contributed by atoms with Crippen LogP contribution in [0.3, 0.4) is 0 Å². The Hall–Kier alpha value is -2.30. The monoisotopic (exact) mass is 327 g/mol. The molecule has 1 amide bonds. The van der Waals surface area contributed by atoms with E-state index in [0.717, 1.165) is 29.6 Å². The van der Waals surface area contributed by atoms with Crippen LogP contribution in [0.1, 0.15) is 27.2 Å². The molecule has 5 nitrogen and oxygen atoms in total. The number of ether oxygens (including phenoxy) is 1. The number of fused-ring (bicyclic) bond motifs is 1. The fourth-order valence-electron chi connectivity index (χ4n) is 3.14. The third kappa shape index (κ3) is 3.45. The van der Waals surface area contributed by atoms with Gasteiger partial charge in [-0.1, -0.05) is 6.07 Å². The first-order valence-corrected chi connectivity index (χ1v) is 8.40. The van der Waals surface area contributed by atoms with Gasteiger partial charge in [0.25, 0.3) is 0 Å². The Balaban J connectivity index is 1.74. The highest BCUT2D eigenvalue weighted by Crippen LogP contribution is 2.28. The number of carbonyl (C=O) groups excluding carboxylic acids is 1. The zero-order valence-electron chi connectivity index (χ0n) is 14.8. The number of nitrogens with zero attached hydrogens (tertiary/aromatic N) is 3. The van der Waals surface area contributed by atoms with Crippen LogP contribution in [0.4, 0.5) is 10.5 Å². The van der Waals surface area contributed by atoms with E-state index in [-0.39, 0.29) is 12.1 Å². The molecule has 3 rings (SSSR count). The SMILES string of the molecule is CN(c1cccc2ncccc12)[C@@H]1CCN(C(=O)OC(C)(C)C)C1. The molecule has 0 aliphatic carbocycles. The summed E-state index contributed by atoms with van der Waals surface area (Å²) in [6.07, 6.45) is 2.52. The lowest BCUT2D eigenvalue weighted by molar-refractivity contribution is 0.0292. The smallest absolute Gasteiger partial charge is 0.410 e. The van der Waals surface area contributed by atoms with Crippen LogP contribution >= 0.6 is 0 Å². The third-order valence-electron chi connectivity index (χ3n) is 4.37. The Bertz CT molecular complexity index is 733. The number of likely N-dealkylation sites (tertiary alicyclic amines) is 1. The summed E-state index contributed by atoms with van der Waals surface area (Å²) in [5, 5.41) is 1.14. The van der Waals surface area contributed by atoms with Gasteiger partial charge < -0.3 is 14.5 Å². The Labute approximate surface area is 143 Å². The van der Waals surface area contributed by atoms with Crippen LogP contribution in [0.15, 0.2) is 36.5 Å². The fraction of sp³-hybridized carbons (Fsp3) is 0.474. The highest BCUT2D eigenvalue weighted by Gasteiger charge is 2.32. The lowest BCUT2D eigenvalue weighted by Gasteiger charge is -2.28. The molecule has 1 aromatic carbocycles. The first-order valence-electron chi connectivity index (χ1n) is 8.40. The Kier molecular flexibility index (Phi) is 4.35. The Morgan fingerprint density at radius 2 is 2.08 bits per heavy atom. The maximum absolute atomic E-state index is 12.3. The number of amides is 1. The Morgan fingerprint density at radius 1 is 1.29 bits per heavy atom. The normalized spacial score (nSPS) is 18.0. The van der Waals surface area contributed by atoms with Crippen LogP contribution in [0.5, 0.6) is 0 Å². The van der Waals surface area contributed by atoms with Crippen molar-refractivity contribution in [2.45, 2.75) is 38.8 Å². The second kappa shape index (κ2) is 6.30. The molecule has 128 valence electrons. The van der Waals surface area contributed by atoms with Crippen molar-refractivity contribution in [3.05, 3.63) is 36.5 Å². The topological polar surface area (TPSA) is 45.7 Å². The van der Waals surface area contributed by atoms with Crippen LogP contribution < -0.4 is 4.90 Å². The molecule has 0 saturated carbocycles. The molecule has 2 aromatic rings. The molecule has 0 bridgehead atoms. The van der Waals surface area contributed by atoms with Gasteiger partial charge in [-0.3, -0.25) is 4.98 Å². The highest BCUT2D eigenvalue weighted by molar-refractivity contribution is 5.91. The molecule has 0 N–H and O–H groups in total. The largest absolute Gasteiger partial charge is 0.444 e. The number of pyridine rings is 1. The minimum absolute atomic E-state index is 0.224. The first-order chi connectivity index (χ1) is 11.3. The average Bonchev–Trinajstić information content (AvgIpc) is 3.02. The van der Waals surface area contributed by atoms with Crippen molar-refractivity contribution in [2.24, 2.45) is 0 Å². The molecule has 1 aliphatic rings. The number of anilines is 1. The van der Waals surface area contributed by atoms with Gasteiger partial charge in [-0.25, -0.2) is 4.79 Å². The summed E-state index contributed by atoms with van der Waals surface area (Å²) in [5.41, 5.74) is 1.68. The minimum atomic E-state index is -0.456. The van der Waals surface area contributed by atoms with Gasteiger partial charge in [0.15, 0.2) is 0 Å². The second-order valence-corrected chi connectivity index (χ2v) is 7.33. The van der Waals surface area contributed by atoms with E-state index in [1.807, 2.05) is 45.2 Å². The zero-order valence-corrected chi connectivity index (χ0v) is 14.8. The van der Waals surface area contributed by atoms with Crippen molar-refractivity contribution < 1.29 is 9.53 Å². The molecule has 1 aliphatic heterocycles. The summed E-state index contributed by atoms with van der Waals surface area (Å²) in [4.78, 5) is 20.7. The van der Waals surface area contributed by atoms with Crippen LogP contribution in [-0.4, -0.2) is 47.8 Å². The van der Waals surface area contributed by atoms with Gasteiger partial charge in [0, 0.05) is 43.4 Å². The third-order valence-corrected chi connectivity index (χ3v) is 4.37. The van der Waals surface area contributed by atoms with E-state index >= 15 is 0 Å². The molecule has 5 heteroatoms. The fourth-order valence-corrected chi connectivity index (χ4v) is 3.14. The molecular weight excluding hydrogens is 302 g/mol. The van der Waals surface area contributed by atoms with E-state index in [4.69, 9.17) is 4.74 Å². The molecule has 1 atom stereocenters. The number of likely N-dealkylation sites (N-methyl/N-ethyl adjacent to an activating group) is 1. The van der Waals surface area contributed by atoms with Gasteiger partial charge in [-0.05, 0) is 51.5 Å². The van der Waals surface area contributed by atoms with E-state index in [0.29, 0.717) is 6.54 Å². The second-order valence-electron chi connectivity index (χ2n) is 7.33. The number of aromatic nitrogens is 1. The minimum Gasteiger partial charge on any atom is -0.444 e. The maximum atomic E-state index is 12.3. The predicted molar refractivity (Wildman–Crippen MR) is 96.4 cm³/mol. The van der Waals surface area contributed by atoms with Crippen molar-refractivity contribution in [3.8, 4) is 0 Å². The molecule has 0 unspecified atom stereocenters. The Morgan fingerprint density at radius 3 is 2.83 bits per heavy atom. The summed E-state index contributed by atoms with van der Waals surface area (Å²) in [5.74, 6) is 0. The number of benzene rings is 1. The lowest BCUT2D eigenvalue weighted by Crippen LogP contribution is -2.39. The molecular formula is C19H25N3O2. The average molecular weight is 327 g/mol. The summed E-state index contributed by atoms with van der Waals surface area (Å²) in [6.45, 7) is 7.10. The molecule has 2 heterocycles. The van der Waals surface area contributed by atoms with Crippen LogP contribution in [0, 0.1) is 0 Å². The molecule has 1 aromatic heterocycles. The van der Waals surface area contributed by atoms with Crippen molar-refractivity contribution >= 4 is 22.7 Å². The van der Waals surface area contributed by atoms with E-state index in [2.05, 4.69) is 29.1 Å². The van der Waals surface area contributed by atoms with Crippen LogP contribution in [-0.2, 0) is 4.74 Å². The van der Waals surface area contributed by atoms with Crippen molar-refractivity contribution in [3.63, 3.8) is 0 Å². The van der Waals surface area contributed by atoms with Crippen molar-refractivity contribution in [1.29, 1.82) is 0 Å². The number of rotatable bonds is 2. The van der Waals surface area contributed by atoms with Crippen molar-refractivity contribution in [2.75, 3.05) is 25.0 Å². The van der Waals surface area contributed by atoms with Crippen LogP contribution in [0.2, 0.25) is 0 Å². The zero-order chi connectivity index (χ0) is 17.3. The van der Waals surface area contributed by atoms with Crippen molar-refractivity contribution in [1.82, 2.24) is 9.88 Å². The molecule has 0 radical (unpaired) electrons. The van der Waals surface area contributed by atoms with Gasteiger partial charge in [-0.15, -0.1) is 0 Å².